The summed E-state index contributed by atoms with van der Waals surface area (Å²) >= 11 is 6.26. The van der Waals surface area contributed by atoms with E-state index in [1.54, 1.807) is 7.11 Å². The maximum Gasteiger partial charge on any atom is 0.119 e. The van der Waals surface area contributed by atoms with E-state index in [1.165, 1.54) is 0 Å². The molecule has 7 heteroatoms. The van der Waals surface area contributed by atoms with Crippen molar-refractivity contribution in [3.8, 4) is 5.75 Å². The molecule has 1 unspecified atom stereocenters. The standard InChI is InChI=1S/C24H34ClN5O/c1-31-18-7-9-22-20(15-18)24(19-8-6-17(25)14-23(19)29-22)21(28)16-30(12-4-2-10-26)13-5-3-11-27/h6-9,14-15,21H,2-5,10-13,16,26-28H2,1H3. The molecule has 0 saturated heterocycles. The van der Waals surface area contributed by atoms with E-state index >= 15 is 0 Å². The molecular formula is C24H34ClN5O. The van der Waals surface area contributed by atoms with Crippen LogP contribution in [0.15, 0.2) is 36.4 Å². The van der Waals surface area contributed by atoms with E-state index < -0.39 is 0 Å². The molecule has 168 valence electrons. The van der Waals surface area contributed by atoms with Crippen LogP contribution in [0.3, 0.4) is 0 Å². The number of nitrogens with two attached hydrogens (primary N) is 3. The van der Waals surface area contributed by atoms with Gasteiger partial charge in [-0.25, -0.2) is 4.98 Å². The molecule has 1 atom stereocenters. The molecule has 2 aromatic carbocycles. The van der Waals surface area contributed by atoms with Gasteiger partial charge in [0, 0.05) is 28.4 Å². The van der Waals surface area contributed by atoms with Crippen LogP contribution in [0, 0.1) is 0 Å². The number of halogens is 1. The molecule has 0 radical (unpaired) electrons. The molecule has 31 heavy (non-hydrogen) atoms. The van der Waals surface area contributed by atoms with Crippen LogP contribution in [-0.4, -0.2) is 49.7 Å². The first kappa shape index (κ1) is 23.7. The van der Waals surface area contributed by atoms with Gasteiger partial charge in [0.05, 0.1) is 18.1 Å². The summed E-state index contributed by atoms with van der Waals surface area (Å²) in [6, 6.07) is 11.6. The van der Waals surface area contributed by atoms with Crippen LogP contribution >= 0.6 is 11.6 Å². The van der Waals surface area contributed by atoms with Crippen molar-refractivity contribution in [3.63, 3.8) is 0 Å². The number of aromatic nitrogens is 1. The molecule has 6 N–H and O–H groups in total. The first-order valence-corrected chi connectivity index (χ1v) is 11.4. The minimum Gasteiger partial charge on any atom is -0.497 e. The van der Waals surface area contributed by atoms with Gasteiger partial charge in [-0.2, -0.15) is 0 Å². The fraction of sp³-hybridized carbons (Fsp3) is 0.458. The molecule has 0 fully saturated rings. The molecule has 0 saturated carbocycles. The second-order valence-corrected chi connectivity index (χ2v) is 8.41. The molecule has 0 aliphatic heterocycles. The van der Waals surface area contributed by atoms with Crippen molar-refractivity contribution in [2.45, 2.75) is 31.7 Å². The monoisotopic (exact) mass is 443 g/mol. The zero-order chi connectivity index (χ0) is 22.2. The fourth-order valence-electron chi connectivity index (χ4n) is 4.08. The number of fused-ring (bicyclic) bond motifs is 2. The topological polar surface area (TPSA) is 103 Å². The first-order chi connectivity index (χ1) is 15.1. The third-order valence-electron chi connectivity index (χ3n) is 5.67. The number of nitrogens with zero attached hydrogens (tertiary/aromatic N) is 2. The summed E-state index contributed by atoms with van der Waals surface area (Å²) in [6.45, 7) is 4.13. The van der Waals surface area contributed by atoms with E-state index in [0.717, 1.165) is 78.4 Å². The Morgan fingerprint density at radius 3 is 2.29 bits per heavy atom. The molecular weight excluding hydrogens is 410 g/mol. The Hall–Kier alpha value is -1.96. The summed E-state index contributed by atoms with van der Waals surface area (Å²) in [5.74, 6) is 0.791. The van der Waals surface area contributed by atoms with E-state index in [-0.39, 0.29) is 6.04 Å². The van der Waals surface area contributed by atoms with Crippen molar-refractivity contribution in [2.24, 2.45) is 17.2 Å². The summed E-state index contributed by atoms with van der Waals surface area (Å²) in [4.78, 5) is 7.26. The number of pyridine rings is 1. The van der Waals surface area contributed by atoms with Gasteiger partial charge in [-0.05, 0) is 87.8 Å². The summed E-state index contributed by atoms with van der Waals surface area (Å²) in [5, 5.41) is 2.71. The van der Waals surface area contributed by atoms with Gasteiger partial charge in [0.2, 0.25) is 0 Å². The number of unbranched alkanes of at least 4 members (excludes halogenated alkanes) is 2. The average molecular weight is 444 g/mol. The minimum atomic E-state index is -0.183. The molecule has 1 heterocycles. The lowest BCUT2D eigenvalue weighted by Crippen LogP contribution is -2.34. The normalized spacial score (nSPS) is 12.7. The maximum atomic E-state index is 6.87. The van der Waals surface area contributed by atoms with E-state index in [2.05, 4.69) is 4.90 Å². The summed E-state index contributed by atoms with van der Waals surface area (Å²) in [5.41, 5.74) is 21.1. The minimum absolute atomic E-state index is 0.183. The zero-order valence-electron chi connectivity index (χ0n) is 18.3. The number of methoxy groups -OCH3 is 1. The average Bonchev–Trinajstić information content (AvgIpc) is 2.77. The highest BCUT2D eigenvalue weighted by Crippen LogP contribution is 2.33. The quantitative estimate of drug-likeness (QED) is 0.290. The number of benzene rings is 2. The second-order valence-electron chi connectivity index (χ2n) is 7.97. The SMILES string of the molecule is COc1ccc2nc3cc(Cl)ccc3c(C(N)CN(CCCCN)CCCCN)c2c1. The van der Waals surface area contributed by atoms with Gasteiger partial charge in [0.15, 0.2) is 0 Å². The van der Waals surface area contributed by atoms with Gasteiger partial charge in [-0.1, -0.05) is 17.7 Å². The van der Waals surface area contributed by atoms with Crippen LogP contribution in [0.2, 0.25) is 5.02 Å². The van der Waals surface area contributed by atoms with E-state index in [1.807, 2.05) is 36.4 Å². The lowest BCUT2D eigenvalue weighted by atomic mass is 9.96. The van der Waals surface area contributed by atoms with Crippen molar-refractivity contribution in [2.75, 3.05) is 39.8 Å². The molecule has 0 aliphatic carbocycles. The second kappa shape index (κ2) is 11.6. The predicted octanol–water partition coefficient (Wildman–Crippen LogP) is 3.83. The summed E-state index contributed by atoms with van der Waals surface area (Å²) < 4.78 is 5.48. The van der Waals surface area contributed by atoms with Gasteiger partial charge in [-0.15, -0.1) is 0 Å². The van der Waals surface area contributed by atoms with Crippen LogP contribution in [0.1, 0.15) is 37.3 Å². The molecule has 3 rings (SSSR count). The molecule has 3 aromatic rings. The van der Waals surface area contributed by atoms with Crippen LogP contribution in [-0.2, 0) is 0 Å². The third-order valence-corrected chi connectivity index (χ3v) is 5.90. The summed E-state index contributed by atoms with van der Waals surface area (Å²) in [7, 11) is 1.67. The zero-order valence-corrected chi connectivity index (χ0v) is 19.1. The Morgan fingerprint density at radius 1 is 0.935 bits per heavy atom. The molecule has 6 nitrogen and oxygen atoms in total. The molecule has 0 bridgehead atoms. The van der Waals surface area contributed by atoms with E-state index in [0.29, 0.717) is 18.1 Å². The fourth-order valence-corrected chi connectivity index (χ4v) is 4.24. The third kappa shape index (κ3) is 6.05. The van der Waals surface area contributed by atoms with Gasteiger partial charge < -0.3 is 26.8 Å². The van der Waals surface area contributed by atoms with Crippen LogP contribution in [0.25, 0.3) is 21.8 Å². The van der Waals surface area contributed by atoms with Gasteiger partial charge >= 0.3 is 0 Å². The maximum absolute atomic E-state index is 6.87. The van der Waals surface area contributed by atoms with Crippen LogP contribution in [0.5, 0.6) is 5.75 Å². The Labute approximate surface area is 189 Å². The van der Waals surface area contributed by atoms with Crippen molar-refractivity contribution in [3.05, 3.63) is 47.0 Å². The molecule has 0 amide bonds. The van der Waals surface area contributed by atoms with Crippen molar-refractivity contribution < 1.29 is 4.74 Å². The van der Waals surface area contributed by atoms with Crippen molar-refractivity contribution in [1.29, 1.82) is 0 Å². The highest BCUT2D eigenvalue weighted by atomic mass is 35.5. The number of hydrogen-bond acceptors (Lipinski definition) is 6. The smallest absolute Gasteiger partial charge is 0.119 e. The number of hydrogen-bond donors (Lipinski definition) is 3. The highest BCUT2D eigenvalue weighted by molar-refractivity contribution is 6.31. The van der Waals surface area contributed by atoms with Crippen LogP contribution < -0.4 is 21.9 Å². The van der Waals surface area contributed by atoms with Crippen molar-refractivity contribution >= 4 is 33.4 Å². The Bertz CT molecular complexity index is 987. The van der Waals surface area contributed by atoms with E-state index in [4.69, 9.17) is 38.5 Å². The molecule has 0 aliphatic rings. The first-order valence-electron chi connectivity index (χ1n) is 11.0. The number of ether oxygens (including phenoxy) is 1. The Kier molecular flexibility index (Phi) is 8.87. The molecule has 0 spiro atoms. The Balaban J connectivity index is 1.99. The van der Waals surface area contributed by atoms with Crippen LogP contribution in [0.4, 0.5) is 0 Å². The Morgan fingerprint density at radius 2 is 1.65 bits per heavy atom. The van der Waals surface area contributed by atoms with Gasteiger partial charge in [-0.3, -0.25) is 0 Å². The lowest BCUT2D eigenvalue weighted by molar-refractivity contribution is 0.249. The van der Waals surface area contributed by atoms with E-state index in [9.17, 15) is 0 Å². The van der Waals surface area contributed by atoms with Gasteiger partial charge in [0.25, 0.3) is 0 Å². The highest BCUT2D eigenvalue weighted by Gasteiger charge is 2.19. The summed E-state index contributed by atoms with van der Waals surface area (Å²) in [6.07, 6.45) is 4.15. The number of rotatable bonds is 12. The van der Waals surface area contributed by atoms with Gasteiger partial charge in [0.1, 0.15) is 5.75 Å². The molecule has 1 aromatic heterocycles. The lowest BCUT2D eigenvalue weighted by Gasteiger charge is -2.27. The van der Waals surface area contributed by atoms with Crippen molar-refractivity contribution in [1.82, 2.24) is 9.88 Å². The predicted molar refractivity (Wildman–Crippen MR) is 131 cm³/mol. The largest absolute Gasteiger partial charge is 0.497 e.